The zero-order chi connectivity index (χ0) is 20.6. The fourth-order valence-corrected chi connectivity index (χ4v) is 4.38. The summed E-state index contributed by atoms with van der Waals surface area (Å²) in [6, 6.07) is 11.2. The van der Waals surface area contributed by atoms with Crippen molar-refractivity contribution in [2.24, 2.45) is 4.99 Å². The Labute approximate surface area is 202 Å². The van der Waals surface area contributed by atoms with Gasteiger partial charge in [-0.1, -0.05) is 32.0 Å². The van der Waals surface area contributed by atoms with E-state index >= 15 is 0 Å². The number of thiazole rings is 1. The smallest absolute Gasteiger partial charge is 0.191 e. The Bertz CT molecular complexity index is 771. The predicted octanol–water partition coefficient (Wildman–Crippen LogP) is 3.76. The van der Waals surface area contributed by atoms with Gasteiger partial charge in [-0.3, -0.25) is 9.89 Å². The van der Waals surface area contributed by atoms with Crippen LogP contribution in [0.25, 0.3) is 0 Å². The van der Waals surface area contributed by atoms with Crippen molar-refractivity contribution in [3.8, 4) is 0 Å². The van der Waals surface area contributed by atoms with Gasteiger partial charge in [-0.15, -0.1) is 35.3 Å². The number of hydrogen-bond acceptors (Lipinski definition) is 5. The van der Waals surface area contributed by atoms with E-state index in [0.29, 0.717) is 18.5 Å². The van der Waals surface area contributed by atoms with E-state index in [1.807, 2.05) is 7.05 Å². The Kier molecular flexibility index (Phi) is 10.3. The summed E-state index contributed by atoms with van der Waals surface area (Å²) < 4.78 is 0. The summed E-state index contributed by atoms with van der Waals surface area (Å²) in [5.41, 5.74) is 2.49. The summed E-state index contributed by atoms with van der Waals surface area (Å²) in [6.07, 6.45) is 0. The van der Waals surface area contributed by atoms with Gasteiger partial charge in [-0.25, -0.2) is 4.98 Å². The number of piperazine rings is 1. The molecule has 2 N–H and O–H groups in total. The molecule has 0 radical (unpaired) electrons. The van der Waals surface area contributed by atoms with Crippen LogP contribution in [-0.2, 0) is 6.54 Å². The van der Waals surface area contributed by atoms with Crippen LogP contribution in [0.2, 0.25) is 0 Å². The number of para-hydroxylation sites is 1. The number of hydrogen-bond donors (Lipinski definition) is 2. The molecule has 30 heavy (non-hydrogen) atoms. The van der Waals surface area contributed by atoms with E-state index in [9.17, 15) is 0 Å². The first-order valence-electron chi connectivity index (χ1n) is 10.5. The predicted molar refractivity (Wildman–Crippen MR) is 140 cm³/mol. The lowest BCUT2D eigenvalue weighted by molar-refractivity contribution is 0.197. The van der Waals surface area contributed by atoms with Gasteiger partial charge in [0.05, 0.1) is 12.2 Å². The molecule has 1 unspecified atom stereocenters. The summed E-state index contributed by atoms with van der Waals surface area (Å²) >= 11 is 1.71. The quantitative estimate of drug-likeness (QED) is 0.317. The van der Waals surface area contributed by atoms with E-state index in [0.717, 1.165) is 49.4 Å². The van der Waals surface area contributed by atoms with Gasteiger partial charge in [0.25, 0.3) is 0 Å². The third-order valence-corrected chi connectivity index (χ3v) is 6.28. The number of halogens is 1. The Hall–Kier alpha value is -1.39. The number of aromatic nitrogens is 1. The third-order valence-electron chi connectivity index (χ3n) is 5.42. The van der Waals surface area contributed by atoms with Crippen molar-refractivity contribution in [3.63, 3.8) is 0 Å². The molecule has 0 saturated carbocycles. The zero-order valence-corrected chi connectivity index (χ0v) is 21.6. The molecular formula is C22H35IN6S. The van der Waals surface area contributed by atoms with Gasteiger partial charge in [0.2, 0.25) is 0 Å². The van der Waals surface area contributed by atoms with E-state index < -0.39 is 0 Å². The van der Waals surface area contributed by atoms with Gasteiger partial charge in [0.1, 0.15) is 5.01 Å². The number of aliphatic imine (C=N–C) groups is 1. The van der Waals surface area contributed by atoms with Crippen LogP contribution in [0.5, 0.6) is 0 Å². The molecule has 1 fully saturated rings. The van der Waals surface area contributed by atoms with Gasteiger partial charge >= 0.3 is 0 Å². The van der Waals surface area contributed by atoms with Crippen LogP contribution in [0.3, 0.4) is 0 Å². The Morgan fingerprint density at radius 1 is 1.10 bits per heavy atom. The summed E-state index contributed by atoms with van der Waals surface area (Å²) in [5, 5.41) is 10.1. The van der Waals surface area contributed by atoms with Crippen LogP contribution < -0.4 is 15.5 Å². The van der Waals surface area contributed by atoms with Crippen molar-refractivity contribution in [1.82, 2.24) is 20.5 Å². The molecule has 1 saturated heterocycles. The minimum Gasteiger partial charge on any atom is -0.369 e. The molecule has 0 bridgehead atoms. The molecule has 0 aliphatic carbocycles. The third kappa shape index (κ3) is 7.09. The first-order chi connectivity index (χ1) is 14.1. The molecule has 1 aliphatic rings. The maximum atomic E-state index is 4.68. The normalized spacial score (nSPS) is 16.3. The fourth-order valence-electron chi connectivity index (χ4n) is 3.48. The van der Waals surface area contributed by atoms with Crippen molar-refractivity contribution in [2.75, 3.05) is 44.7 Å². The minimum absolute atomic E-state index is 0. The second-order valence-corrected chi connectivity index (χ2v) is 8.78. The van der Waals surface area contributed by atoms with Crippen LogP contribution >= 0.6 is 35.3 Å². The molecule has 2 heterocycles. The number of guanidine groups is 1. The van der Waals surface area contributed by atoms with Crippen molar-refractivity contribution in [3.05, 3.63) is 46.4 Å². The van der Waals surface area contributed by atoms with Gasteiger partial charge in [0.15, 0.2) is 5.96 Å². The highest BCUT2D eigenvalue weighted by atomic mass is 127. The number of nitrogens with one attached hydrogen (secondary N) is 2. The van der Waals surface area contributed by atoms with Gasteiger partial charge in [-0.2, -0.15) is 0 Å². The molecule has 6 nitrogen and oxygen atoms in total. The maximum Gasteiger partial charge on any atom is 0.191 e. The summed E-state index contributed by atoms with van der Waals surface area (Å²) in [5.74, 6) is 1.31. The highest BCUT2D eigenvalue weighted by molar-refractivity contribution is 14.0. The van der Waals surface area contributed by atoms with Crippen molar-refractivity contribution in [1.29, 1.82) is 0 Å². The van der Waals surface area contributed by atoms with Crippen molar-refractivity contribution >= 4 is 47.0 Å². The number of nitrogens with zero attached hydrogens (tertiary/aromatic N) is 4. The standard InChI is InChI=1S/C22H34N6S.HI/c1-17(2)20-16-29-21(26-20)15-25-22(23-4)24-14-18(3)27-10-12-28(13-11-27)19-8-6-5-7-9-19;/h5-9,16-18H,10-15H2,1-4H3,(H2,23,24,25);1H. The highest BCUT2D eigenvalue weighted by Crippen LogP contribution is 2.18. The Morgan fingerprint density at radius 2 is 1.80 bits per heavy atom. The molecular weight excluding hydrogens is 507 g/mol. The van der Waals surface area contributed by atoms with Gasteiger partial charge in [-0.05, 0) is 25.0 Å². The van der Waals surface area contributed by atoms with Gasteiger partial charge < -0.3 is 15.5 Å². The fraction of sp³-hybridized carbons (Fsp3) is 0.545. The molecule has 1 aliphatic heterocycles. The average Bonchev–Trinajstić information content (AvgIpc) is 3.24. The summed E-state index contributed by atoms with van der Waals surface area (Å²) in [7, 11) is 1.82. The monoisotopic (exact) mass is 542 g/mol. The molecule has 0 amide bonds. The molecule has 2 aromatic rings. The summed E-state index contributed by atoms with van der Waals surface area (Å²) in [6.45, 7) is 12.5. The van der Waals surface area contributed by atoms with Crippen LogP contribution in [0.1, 0.15) is 37.4 Å². The molecule has 0 spiro atoms. The first kappa shape index (κ1) is 24.9. The van der Waals surface area contributed by atoms with Crippen LogP contribution in [0.15, 0.2) is 40.7 Å². The summed E-state index contributed by atoms with van der Waals surface area (Å²) in [4.78, 5) is 14.1. The van der Waals surface area contributed by atoms with E-state index in [4.69, 9.17) is 0 Å². The number of benzene rings is 1. The molecule has 3 rings (SSSR count). The SMILES string of the molecule is CN=C(NCc1nc(C(C)C)cs1)NCC(C)N1CCN(c2ccccc2)CC1.I. The average molecular weight is 543 g/mol. The van der Waals surface area contributed by atoms with E-state index in [2.05, 4.69) is 86.9 Å². The van der Waals surface area contributed by atoms with Crippen molar-refractivity contribution in [2.45, 2.75) is 39.3 Å². The minimum atomic E-state index is 0. The second-order valence-electron chi connectivity index (χ2n) is 7.84. The van der Waals surface area contributed by atoms with E-state index in [1.54, 1.807) is 11.3 Å². The van der Waals surface area contributed by atoms with E-state index in [-0.39, 0.29) is 24.0 Å². The molecule has 1 atom stereocenters. The first-order valence-corrected chi connectivity index (χ1v) is 11.4. The molecule has 8 heteroatoms. The molecule has 166 valence electrons. The maximum absolute atomic E-state index is 4.68. The lowest BCUT2D eigenvalue weighted by Gasteiger charge is -2.39. The lowest BCUT2D eigenvalue weighted by atomic mass is 10.2. The topological polar surface area (TPSA) is 55.8 Å². The van der Waals surface area contributed by atoms with Gasteiger partial charge in [0, 0.05) is 56.9 Å². The Balaban J connectivity index is 0.00000320. The molecule has 1 aromatic carbocycles. The number of rotatable bonds is 7. The highest BCUT2D eigenvalue weighted by Gasteiger charge is 2.21. The number of anilines is 1. The van der Waals surface area contributed by atoms with Crippen LogP contribution in [-0.4, -0.2) is 61.7 Å². The van der Waals surface area contributed by atoms with E-state index in [1.165, 1.54) is 5.69 Å². The van der Waals surface area contributed by atoms with Crippen LogP contribution in [0.4, 0.5) is 5.69 Å². The van der Waals surface area contributed by atoms with Crippen molar-refractivity contribution < 1.29 is 0 Å². The lowest BCUT2D eigenvalue weighted by Crippen LogP contribution is -2.53. The molecule has 1 aromatic heterocycles. The largest absolute Gasteiger partial charge is 0.369 e. The second kappa shape index (κ2) is 12.5. The van der Waals surface area contributed by atoms with Crippen LogP contribution in [0, 0.1) is 0 Å². The zero-order valence-electron chi connectivity index (χ0n) is 18.5. The Morgan fingerprint density at radius 3 is 2.40 bits per heavy atom.